The van der Waals surface area contributed by atoms with Gasteiger partial charge in [-0.05, 0) is 37.8 Å². The van der Waals surface area contributed by atoms with E-state index >= 15 is 0 Å². The molecule has 0 bridgehead atoms. The molecule has 2 N–H and O–H groups in total. The lowest BCUT2D eigenvalue weighted by Crippen LogP contribution is -2.40. The molecule has 1 atom stereocenters. The van der Waals surface area contributed by atoms with Gasteiger partial charge in [-0.3, -0.25) is 4.90 Å². The van der Waals surface area contributed by atoms with Crippen molar-refractivity contribution in [1.82, 2.24) is 4.90 Å². The fourth-order valence-electron chi connectivity index (χ4n) is 2.43. The van der Waals surface area contributed by atoms with E-state index < -0.39 is 0 Å². The van der Waals surface area contributed by atoms with Crippen molar-refractivity contribution in [2.75, 3.05) is 13.1 Å². The molecule has 1 aromatic carbocycles. The molecule has 2 heteroatoms. The third-order valence-electron chi connectivity index (χ3n) is 3.38. The number of nitrogens with two attached hydrogens (primary N) is 1. The van der Waals surface area contributed by atoms with Crippen molar-refractivity contribution < 1.29 is 0 Å². The summed E-state index contributed by atoms with van der Waals surface area (Å²) in [4.78, 5) is 2.58. The van der Waals surface area contributed by atoms with E-state index in [0.717, 1.165) is 19.0 Å². The Morgan fingerprint density at radius 3 is 2.59 bits per heavy atom. The molecule has 2 nitrogen and oxygen atoms in total. The first kappa shape index (κ1) is 12.6. The van der Waals surface area contributed by atoms with Crippen LogP contribution in [0.25, 0.3) is 0 Å². The van der Waals surface area contributed by atoms with Crippen molar-refractivity contribution in [3.05, 3.63) is 35.9 Å². The molecule has 1 fully saturated rings. The maximum atomic E-state index is 6.26. The van der Waals surface area contributed by atoms with Crippen LogP contribution in [0.5, 0.6) is 0 Å². The Balaban J connectivity index is 1.81. The molecule has 1 aliphatic rings. The van der Waals surface area contributed by atoms with Crippen LogP contribution in [0, 0.1) is 0 Å². The van der Waals surface area contributed by atoms with E-state index in [2.05, 4.69) is 42.2 Å². The summed E-state index contributed by atoms with van der Waals surface area (Å²) < 4.78 is 0. The largest absolute Gasteiger partial charge is 0.326 e. The highest BCUT2D eigenvalue weighted by molar-refractivity contribution is 5.15. The van der Waals surface area contributed by atoms with Gasteiger partial charge >= 0.3 is 0 Å². The van der Waals surface area contributed by atoms with Gasteiger partial charge in [0.05, 0.1) is 0 Å². The van der Waals surface area contributed by atoms with E-state index in [1.807, 2.05) is 0 Å². The molecular formula is C15H24N2. The highest BCUT2D eigenvalue weighted by Gasteiger charge is 2.29. The van der Waals surface area contributed by atoms with Gasteiger partial charge in [0.1, 0.15) is 0 Å². The number of benzene rings is 1. The van der Waals surface area contributed by atoms with Gasteiger partial charge in [0.15, 0.2) is 0 Å². The molecule has 1 aromatic rings. The van der Waals surface area contributed by atoms with E-state index in [9.17, 15) is 0 Å². The summed E-state index contributed by atoms with van der Waals surface area (Å²) in [5.41, 5.74) is 7.61. The molecule has 1 saturated carbocycles. The summed E-state index contributed by atoms with van der Waals surface area (Å²) >= 11 is 0. The minimum absolute atomic E-state index is 0.268. The second-order valence-corrected chi connectivity index (χ2v) is 5.18. The van der Waals surface area contributed by atoms with Gasteiger partial charge in [0.25, 0.3) is 0 Å². The first-order valence-electron chi connectivity index (χ1n) is 6.83. The summed E-state index contributed by atoms with van der Waals surface area (Å²) in [6.45, 7) is 4.50. The van der Waals surface area contributed by atoms with E-state index in [1.165, 1.54) is 31.4 Å². The van der Waals surface area contributed by atoms with Crippen molar-refractivity contribution in [2.45, 2.75) is 44.7 Å². The van der Waals surface area contributed by atoms with Crippen LogP contribution >= 0.6 is 0 Å². The summed E-state index contributed by atoms with van der Waals surface area (Å²) in [7, 11) is 0. The van der Waals surface area contributed by atoms with Gasteiger partial charge < -0.3 is 5.73 Å². The minimum atomic E-state index is 0.268. The molecule has 0 radical (unpaired) electrons. The Labute approximate surface area is 105 Å². The predicted molar refractivity (Wildman–Crippen MR) is 73.0 cm³/mol. The standard InChI is InChI=1S/C15H24N2/c1-2-10-17(15-8-9-15)12-14(16)11-13-6-4-3-5-7-13/h3-7,14-15H,2,8-12,16H2,1H3/t14-/m0/s1. The highest BCUT2D eigenvalue weighted by Crippen LogP contribution is 2.27. The summed E-state index contributed by atoms with van der Waals surface area (Å²) in [6.07, 6.45) is 4.97. The third-order valence-corrected chi connectivity index (χ3v) is 3.38. The Bertz CT molecular complexity index is 319. The third kappa shape index (κ3) is 4.14. The fourth-order valence-corrected chi connectivity index (χ4v) is 2.43. The lowest BCUT2D eigenvalue weighted by molar-refractivity contribution is 0.246. The van der Waals surface area contributed by atoms with Crippen molar-refractivity contribution in [1.29, 1.82) is 0 Å². The lowest BCUT2D eigenvalue weighted by Gasteiger charge is -2.25. The molecule has 0 heterocycles. The zero-order valence-electron chi connectivity index (χ0n) is 10.8. The molecule has 0 amide bonds. The van der Waals surface area contributed by atoms with Gasteiger partial charge in [-0.1, -0.05) is 37.3 Å². The maximum absolute atomic E-state index is 6.26. The van der Waals surface area contributed by atoms with Gasteiger partial charge in [0.2, 0.25) is 0 Å². The fraction of sp³-hybridized carbons (Fsp3) is 0.600. The number of hydrogen-bond donors (Lipinski definition) is 1. The second-order valence-electron chi connectivity index (χ2n) is 5.18. The highest BCUT2D eigenvalue weighted by atomic mass is 15.2. The van der Waals surface area contributed by atoms with Crippen LogP contribution < -0.4 is 5.73 Å². The summed E-state index contributed by atoms with van der Waals surface area (Å²) in [5.74, 6) is 0. The number of rotatable bonds is 7. The minimum Gasteiger partial charge on any atom is -0.326 e. The SMILES string of the molecule is CCCN(C[C@@H](N)Cc1ccccc1)C1CC1. The maximum Gasteiger partial charge on any atom is 0.0208 e. The Morgan fingerprint density at radius 2 is 2.00 bits per heavy atom. The first-order chi connectivity index (χ1) is 8.29. The quantitative estimate of drug-likeness (QED) is 0.782. The van der Waals surface area contributed by atoms with Gasteiger partial charge in [-0.2, -0.15) is 0 Å². The smallest absolute Gasteiger partial charge is 0.0208 e. The van der Waals surface area contributed by atoms with Crippen LogP contribution in [0.2, 0.25) is 0 Å². The average molecular weight is 232 g/mol. The van der Waals surface area contributed by atoms with Crippen LogP contribution in [0.15, 0.2) is 30.3 Å². The zero-order chi connectivity index (χ0) is 12.1. The van der Waals surface area contributed by atoms with E-state index in [0.29, 0.717) is 0 Å². The molecule has 0 aliphatic heterocycles. The normalized spacial score (nSPS) is 17.4. The van der Waals surface area contributed by atoms with E-state index in [-0.39, 0.29) is 6.04 Å². The van der Waals surface area contributed by atoms with Gasteiger partial charge in [-0.25, -0.2) is 0 Å². The van der Waals surface area contributed by atoms with Crippen molar-refractivity contribution in [3.8, 4) is 0 Å². The van der Waals surface area contributed by atoms with Crippen LogP contribution in [0.3, 0.4) is 0 Å². The molecule has 0 aromatic heterocycles. The van der Waals surface area contributed by atoms with Crippen LogP contribution in [-0.4, -0.2) is 30.1 Å². The molecule has 0 unspecified atom stereocenters. The van der Waals surface area contributed by atoms with Crippen LogP contribution in [-0.2, 0) is 6.42 Å². The van der Waals surface area contributed by atoms with Crippen LogP contribution in [0.4, 0.5) is 0 Å². The van der Waals surface area contributed by atoms with Gasteiger partial charge in [-0.15, -0.1) is 0 Å². The van der Waals surface area contributed by atoms with Gasteiger partial charge in [0, 0.05) is 18.6 Å². The van der Waals surface area contributed by atoms with Crippen LogP contribution in [0.1, 0.15) is 31.7 Å². The predicted octanol–water partition coefficient (Wildman–Crippen LogP) is 2.43. The second kappa shape index (κ2) is 6.18. The first-order valence-corrected chi connectivity index (χ1v) is 6.83. The summed E-state index contributed by atoms with van der Waals surface area (Å²) in [6, 6.07) is 11.7. The number of hydrogen-bond acceptors (Lipinski definition) is 2. The zero-order valence-corrected chi connectivity index (χ0v) is 10.8. The van der Waals surface area contributed by atoms with Crippen molar-refractivity contribution >= 4 is 0 Å². The Hall–Kier alpha value is -0.860. The van der Waals surface area contributed by atoms with E-state index in [4.69, 9.17) is 5.73 Å². The Kier molecular flexibility index (Phi) is 4.57. The molecule has 17 heavy (non-hydrogen) atoms. The topological polar surface area (TPSA) is 29.3 Å². The molecule has 94 valence electrons. The molecule has 0 saturated heterocycles. The Morgan fingerprint density at radius 1 is 1.29 bits per heavy atom. The monoisotopic (exact) mass is 232 g/mol. The summed E-state index contributed by atoms with van der Waals surface area (Å²) in [5, 5.41) is 0. The molecule has 0 spiro atoms. The van der Waals surface area contributed by atoms with Crippen molar-refractivity contribution in [3.63, 3.8) is 0 Å². The van der Waals surface area contributed by atoms with Crippen molar-refractivity contribution in [2.24, 2.45) is 5.73 Å². The van der Waals surface area contributed by atoms with E-state index in [1.54, 1.807) is 0 Å². The molecule has 2 rings (SSSR count). The lowest BCUT2D eigenvalue weighted by atomic mass is 10.1. The number of nitrogens with zero attached hydrogens (tertiary/aromatic N) is 1. The molecule has 1 aliphatic carbocycles. The molecular weight excluding hydrogens is 208 g/mol. The average Bonchev–Trinajstić information content (AvgIpc) is 3.13.